The highest BCUT2D eigenvalue weighted by molar-refractivity contribution is 7.16. The number of aromatic hydroxyl groups is 1. The first-order chi connectivity index (χ1) is 8.97. The minimum absolute atomic E-state index is 0.0172. The van der Waals surface area contributed by atoms with Gasteiger partial charge in [0, 0.05) is 4.88 Å². The lowest BCUT2D eigenvalue weighted by atomic mass is 9.98. The molecule has 0 spiro atoms. The van der Waals surface area contributed by atoms with Crippen LogP contribution in [0.15, 0.2) is 30.3 Å². The van der Waals surface area contributed by atoms with Gasteiger partial charge in [-0.1, -0.05) is 29.3 Å². The molecule has 2 aromatic rings. The first kappa shape index (κ1) is 14.2. The Morgan fingerprint density at radius 1 is 1.26 bits per heavy atom. The molecule has 2 N–H and O–H groups in total. The molecule has 0 bridgehead atoms. The van der Waals surface area contributed by atoms with E-state index in [1.807, 2.05) is 0 Å². The van der Waals surface area contributed by atoms with Gasteiger partial charge in [-0.3, -0.25) is 4.79 Å². The number of benzene rings is 1. The number of carboxylic acid groups (broad SMARTS) is 1. The lowest BCUT2D eigenvalue weighted by Gasteiger charge is -2.11. The van der Waals surface area contributed by atoms with E-state index in [-0.39, 0.29) is 10.8 Å². The summed E-state index contributed by atoms with van der Waals surface area (Å²) in [5.41, 5.74) is 0.750. The minimum atomic E-state index is -0.914. The van der Waals surface area contributed by atoms with Crippen LogP contribution in [-0.4, -0.2) is 16.2 Å². The van der Waals surface area contributed by atoms with Crippen LogP contribution in [0.3, 0.4) is 0 Å². The van der Waals surface area contributed by atoms with Crippen molar-refractivity contribution >= 4 is 40.5 Å². The Hall–Kier alpha value is -1.23. The Bertz CT molecular complexity index is 610. The zero-order valence-corrected chi connectivity index (χ0v) is 12.0. The average Bonchev–Trinajstić information content (AvgIpc) is 2.76. The summed E-state index contributed by atoms with van der Waals surface area (Å²) in [7, 11) is 0. The predicted octanol–water partition coefficient (Wildman–Crippen LogP) is 4.17. The molecule has 0 radical (unpaired) electrons. The molecule has 0 aliphatic rings. The Labute approximate surface area is 124 Å². The fourth-order valence-corrected chi connectivity index (χ4v) is 3.10. The summed E-state index contributed by atoms with van der Waals surface area (Å²) in [6, 6.07) is 8.08. The van der Waals surface area contributed by atoms with Crippen molar-refractivity contribution < 1.29 is 15.0 Å². The summed E-state index contributed by atoms with van der Waals surface area (Å²) in [5, 5.41) is 18.9. The molecule has 0 aliphatic heterocycles. The number of phenols is 1. The smallest absolute Gasteiger partial charge is 0.312 e. The van der Waals surface area contributed by atoms with Crippen LogP contribution in [0.5, 0.6) is 5.75 Å². The van der Waals surface area contributed by atoms with E-state index in [1.54, 1.807) is 24.3 Å². The third kappa shape index (κ3) is 3.41. The number of halogens is 2. The van der Waals surface area contributed by atoms with E-state index < -0.39 is 11.9 Å². The summed E-state index contributed by atoms with van der Waals surface area (Å²) >= 11 is 12.9. The lowest BCUT2D eigenvalue weighted by Crippen LogP contribution is -2.13. The monoisotopic (exact) mass is 316 g/mol. The number of rotatable bonds is 4. The van der Waals surface area contributed by atoms with Crippen LogP contribution in [0, 0.1) is 0 Å². The van der Waals surface area contributed by atoms with Crippen molar-refractivity contribution in [1.29, 1.82) is 0 Å². The van der Waals surface area contributed by atoms with Gasteiger partial charge in [0.25, 0.3) is 0 Å². The Balaban J connectivity index is 2.26. The van der Waals surface area contributed by atoms with Crippen molar-refractivity contribution in [2.45, 2.75) is 12.3 Å². The normalized spacial score (nSPS) is 12.3. The second-order valence-electron chi connectivity index (χ2n) is 4.02. The fourth-order valence-electron chi connectivity index (χ4n) is 1.74. The molecule has 0 aliphatic carbocycles. The molecule has 19 heavy (non-hydrogen) atoms. The zero-order valence-electron chi connectivity index (χ0n) is 9.64. The maximum absolute atomic E-state index is 11.3. The van der Waals surface area contributed by atoms with Crippen molar-refractivity contribution in [3.8, 4) is 5.75 Å². The number of hydrogen-bond acceptors (Lipinski definition) is 3. The van der Waals surface area contributed by atoms with Gasteiger partial charge in [-0.25, -0.2) is 0 Å². The molecular weight excluding hydrogens is 307 g/mol. The maximum Gasteiger partial charge on any atom is 0.312 e. The van der Waals surface area contributed by atoms with Crippen LogP contribution in [-0.2, 0) is 11.2 Å². The second kappa shape index (κ2) is 5.82. The third-order valence-corrected chi connectivity index (χ3v) is 4.34. The van der Waals surface area contributed by atoms with Gasteiger partial charge in [0.1, 0.15) is 5.75 Å². The SMILES string of the molecule is O=C(O)C(Cc1ccc(O)c(Cl)c1)c1ccc(Cl)s1. The van der Waals surface area contributed by atoms with Crippen molar-refractivity contribution in [1.82, 2.24) is 0 Å². The molecule has 1 aromatic carbocycles. The van der Waals surface area contributed by atoms with E-state index in [1.165, 1.54) is 17.4 Å². The Morgan fingerprint density at radius 2 is 2.00 bits per heavy atom. The number of phenolic OH excluding ortho intramolecular Hbond substituents is 1. The van der Waals surface area contributed by atoms with Crippen LogP contribution in [0.4, 0.5) is 0 Å². The van der Waals surface area contributed by atoms with Crippen LogP contribution in [0.1, 0.15) is 16.4 Å². The summed E-state index contributed by atoms with van der Waals surface area (Å²) < 4.78 is 0.560. The largest absolute Gasteiger partial charge is 0.506 e. The number of carboxylic acids is 1. The van der Waals surface area contributed by atoms with Gasteiger partial charge in [-0.2, -0.15) is 0 Å². The van der Waals surface area contributed by atoms with Gasteiger partial charge >= 0.3 is 5.97 Å². The van der Waals surface area contributed by atoms with Crippen LogP contribution >= 0.6 is 34.5 Å². The van der Waals surface area contributed by atoms with E-state index in [2.05, 4.69) is 0 Å². The van der Waals surface area contributed by atoms with Gasteiger partial charge in [0.15, 0.2) is 0 Å². The summed E-state index contributed by atoms with van der Waals surface area (Å²) in [4.78, 5) is 12.0. The summed E-state index contributed by atoms with van der Waals surface area (Å²) in [6.07, 6.45) is 0.298. The molecule has 6 heteroatoms. The van der Waals surface area contributed by atoms with Gasteiger partial charge < -0.3 is 10.2 Å². The lowest BCUT2D eigenvalue weighted by molar-refractivity contribution is -0.138. The molecule has 1 atom stereocenters. The first-order valence-corrected chi connectivity index (χ1v) is 7.00. The molecule has 0 saturated heterocycles. The molecule has 2 rings (SSSR count). The van der Waals surface area contributed by atoms with Gasteiger partial charge in [-0.15, -0.1) is 11.3 Å². The van der Waals surface area contributed by atoms with E-state index in [0.29, 0.717) is 15.6 Å². The summed E-state index contributed by atoms with van der Waals surface area (Å²) in [6.45, 7) is 0. The van der Waals surface area contributed by atoms with Crippen LogP contribution < -0.4 is 0 Å². The van der Waals surface area contributed by atoms with Crippen molar-refractivity contribution in [2.75, 3.05) is 0 Å². The first-order valence-electron chi connectivity index (χ1n) is 5.43. The summed E-state index contributed by atoms with van der Waals surface area (Å²) in [5.74, 6) is -1.60. The molecule has 0 amide bonds. The van der Waals surface area contributed by atoms with E-state index in [4.69, 9.17) is 23.2 Å². The van der Waals surface area contributed by atoms with E-state index >= 15 is 0 Å². The number of hydrogen-bond donors (Lipinski definition) is 2. The Kier molecular flexibility index (Phi) is 4.34. The highest BCUT2D eigenvalue weighted by Crippen LogP contribution is 2.32. The predicted molar refractivity (Wildman–Crippen MR) is 76.5 cm³/mol. The number of aliphatic carboxylic acids is 1. The average molecular weight is 317 g/mol. The molecule has 3 nitrogen and oxygen atoms in total. The topological polar surface area (TPSA) is 57.5 Å². The standard InChI is InChI=1S/C13H10Cl2O3S/c14-9-6-7(1-2-10(9)16)5-8(13(17)18)11-3-4-12(15)19-11/h1-4,6,8,16H,5H2,(H,17,18). The maximum atomic E-state index is 11.3. The molecule has 100 valence electrons. The molecule has 1 heterocycles. The van der Waals surface area contributed by atoms with Crippen LogP contribution in [0.2, 0.25) is 9.36 Å². The highest BCUT2D eigenvalue weighted by atomic mass is 35.5. The molecule has 1 unspecified atom stereocenters. The minimum Gasteiger partial charge on any atom is -0.506 e. The Morgan fingerprint density at radius 3 is 2.53 bits per heavy atom. The van der Waals surface area contributed by atoms with Gasteiger partial charge in [0.05, 0.1) is 15.3 Å². The molecule has 0 saturated carbocycles. The third-order valence-electron chi connectivity index (χ3n) is 2.69. The second-order valence-corrected chi connectivity index (χ2v) is 6.18. The van der Waals surface area contributed by atoms with Crippen molar-refractivity contribution in [2.24, 2.45) is 0 Å². The molecule has 0 fully saturated rings. The highest BCUT2D eigenvalue weighted by Gasteiger charge is 2.22. The number of thiophene rings is 1. The van der Waals surface area contributed by atoms with Crippen LogP contribution in [0.25, 0.3) is 0 Å². The van der Waals surface area contributed by atoms with Crippen molar-refractivity contribution in [3.63, 3.8) is 0 Å². The van der Waals surface area contributed by atoms with E-state index in [9.17, 15) is 15.0 Å². The number of carbonyl (C=O) groups is 1. The van der Waals surface area contributed by atoms with Crippen molar-refractivity contribution in [3.05, 3.63) is 50.1 Å². The zero-order chi connectivity index (χ0) is 14.0. The molecular formula is C13H10Cl2O3S. The fraction of sp³-hybridized carbons (Fsp3) is 0.154. The molecule has 1 aromatic heterocycles. The van der Waals surface area contributed by atoms with E-state index in [0.717, 1.165) is 5.56 Å². The van der Waals surface area contributed by atoms with Gasteiger partial charge in [0.2, 0.25) is 0 Å². The quantitative estimate of drug-likeness (QED) is 0.890. The van der Waals surface area contributed by atoms with Gasteiger partial charge in [-0.05, 0) is 36.2 Å².